The second kappa shape index (κ2) is 5.28. The molecule has 0 unspecified atom stereocenters. The molecular formula is C12H16N2O4S. The zero-order chi connectivity index (χ0) is 14.0. The van der Waals surface area contributed by atoms with Crippen molar-refractivity contribution in [2.24, 2.45) is 0 Å². The standard InChI is InChI=1S/C12H16N2O4S/c1-2-19(17,18)13-14-7-10-4-3-9(6-12(15)16)5-11(10)8-14/h3-5,13H,2,6-8H2,1H3,(H,15,16). The minimum atomic E-state index is -3.27. The summed E-state index contributed by atoms with van der Waals surface area (Å²) < 4.78 is 23.0. The maximum Gasteiger partial charge on any atom is 0.307 e. The molecule has 2 N–H and O–H groups in total. The van der Waals surface area contributed by atoms with Crippen LogP contribution in [0.3, 0.4) is 0 Å². The highest BCUT2D eigenvalue weighted by molar-refractivity contribution is 7.89. The van der Waals surface area contributed by atoms with Gasteiger partial charge in [0.25, 0.3) is 0 Å². The van der Waals surface area contributed by atoms with Crippen LogP contribution in [0.5, 0.6) is 0 Å². The summed E-state index contributed by atoms with van der Waals surface area (Å²) in [6, 6.07) is 5.45. The van der Waals surface area contributed by atoms with Gasteiger partial charge in [-0.15, -0.1) is 4.83 Å². The van der Waals surface area contributed by atoms with Gasteiger partial charge in [-0.2, -0.15) is 0 Å². The van der Waals surface area contributed by atoms with Crippen molar-refractivity contribution < 1.29 is 18.3 Å². The number of nitrogens with zero attached hydrogens (tertiary/aromatic N) is 1. The molecule has 0 amide bonds. The number of hydrazine groups is 1. The van der Waals surface area contributed by atoms with Crippen molar-refractivity contribution in [3.05, 3.63) is 34.9 Å². The first kappa shape index (κ1) is 14.0. The fourth-order valence-corrected chi connectivity index (χ4v) is 2.71. The van der Waals surface area contributed by atoms with Crippen molar-refractivity contribution in [3.63, 3.8) is 0 Å². The number of fused-ring (bicyclic) bond motifs is 1. The molecule has 1 aromatic carbocycles. The van der Waals surface area contributed by atoms with E-state index in [0.29, 0.717) is 13.1 Å². The van der Waals surface area contributed by atoms with E-state index in [1.807, 2.05) is 12.1 Å². The summed E-state index contributed by atoms with van der Waals surface area (Å²) in [6.07, 6.45) is -0.0199. The summed E-state index contributed by atoms with van der Waals surface area (Å²) in [5.41, 5.74) is 2.72. The van der Waals surface area contributed by atoms with Gasteiger partial charge in [0.05, 0.1) is 12.2 Å². The number of benzene rings is 1. The molecular weight excluding hydrogens is 268 g/mol. The molecule has 0 radical (unpaired) electrons. The Morgan fingerprint density at radius 2 is 2.05 bits per heavy atom. The number of carbonyl (C=O) groups is 1. The van der Waals surface area contributed by atoms with Crippen LogP contribution in [0, 0.1) is 0 Å². The number of aliphatic carboxylic acids is 1. The van der Waals surface area contributed by atoms with E-state index in [1.165, 1.54) is 0 Å². The summed E-state index contributed by atoms with van der Waals surface area (Å²) in [7, 11) is -3.27. The third-order valence-corrected chi connectivity index (χ3v) is 4.29. The lowest BCUT2D eigenvalue weighted by molar-refractivity contribution is -0.136. The van der Waals surface area contributed by atoms with E-state index in [0.717, 1.165) is 16.7 Å². The summed E-state index contributed by atoms with van der Waals surface area (Å²) in [5, 5.41) is 10.4. The van der Waals surface area contributed by atoms with Gasteiger partial charge >= 0.3 is 5.97 Å². The van der Waals surface area contributed by atoms with Gasteiger partial charge in [0, 0.05) is 13.1 Å². The number of hydrogen-bond acceptors (Lipinski definition) is 4. The number of carboxylic acids is 1. The summed E-state index contributed by atoms with van der Waals surface area (Å²) in [5.74, 6) is -0.842. The minimum absolute atomic E-state index is 0.0199. The first-order valence-electron chi connectivity index (χ1n) is 5.97. The van der Waals surface area contributed by atoms with E-state index < -0.39 is 16.0 Å². The number of rotatable bonds is 5. The lowest BCUT2D eigenvalue weighted by atomic mass is 10.0. The summed E-state index contributed by atoms with van der Waals surface area (Å²) in [6.45, 7) is 2.54. The monoisotopic (exact) mass is 284 g/mol. The smallest absolute Gasteiger partial charge is 0.307 e. The number of hydrogen-bond donors (Lipinski definition) is 2. The Kier molecular flexibility index (Phi) is 3.88. The average Bonchev–Trinajstić information content (AvgIpc) is 2.68. The third-order valence-electron chi connectivity index (χ3n) is 3.00. The fraction of sp³-hybridized carbons (Fsp3) is 0.417. The Labute approximate surface area is 112 Å². The Morgan fingerprint density at radius 3 is 2.68 bits per heavy atom. The van der Waals surface area contributed by atoms with E-state index in [-0.39, 0.29) is 12.2 Å². The van der Waals surface area contributed by atoms with E-state index in [1.54, 1.807) is 18.0 Å². The second-order valence-electron chi connectivity index (χ2n) is 4.52. The van der Waals surface area contributed by atoms with Crippen LogP contribution in [-0.4, -0.2) is 30.3 Å². The zero-order valence-electron chi connectivity index (χ0n) is 10.6. The molecule has 0 aromatic heterocycles. The molecule has 1 heterocycles. The maximum absolute atomic E-state index is 11.5. The number of carboxylic acid groups (broad SMARTS) is 1. The van der Waals surface area contributed by atoms with Crippen molar-refractivity contribution in [1.82, 2.24) is 9.84 Å². The van der Waals surface area contributed by atoms with Crippen molar-refractivity contribution in [2.75, 3.05) is 5.75 Å². The van der Waals surface area contributed by atoms with E-state index in [9.17, 15) is 13.2 Å². The topological polar surface area (TPSA) is 86.7 Å². The number of nitrogens with one attached hydrogen (secondary N) is 1. The van der Waals surface area contributed by atoms with Crippen LogP contribution in [0.1, 0.15) is 23.6 Å². The zero-order valence-corrected chi connectivity index (χ0v) is 11.4. The molecule has 0 saturated carbocycles. The lowest BCUT2D eigenvalue weighted by Gasteiger charge is -2.15. The van der Waals surface area contributed by atoms with Gasteiger partial charge in [0.15, 0.2) is 0 Å². The van der Waals surface area contributed by atoms with Crippen molar-refractivity contribution in [2.45, 2.75) is 26.4 Å². The van der Waals surface area contributed by atoms with Gasteiger partial charge in [-0.05, 0) is 23.6 Å². The van der Waals surface area contributed by atoms with Crippen molar-refractivity contribution in [1.29, 1.82) is 0 Å². The van der Waals surface area contributed by atoms with E-state index in [4.69, 9.17) is 5.11 Å². The van der Waals surface area contributed by atoms with Crippen LogP contribution in [0.15, 0.2) is 18.2 Å². The van der Waals surface area contributed by atoms with Crippen LogP contribution >= 0.6 is 0 Å². The molecule has 0 fully saturated rings. The molecule has 0 aliphatic carbocycles. The Morgan fingerprint density at radius 1 is 1.37 bits per heavy atom. The molecule has 0 saturated heterocycles. The Hall–Kier alpha value is -1.44. The van der Waals surface area contributed by atoms with Gasteiger partial charge in [-0.1, -0.05) is 18.2 Å². The average molecular weight is 284 g/mol. The molecule has 6 nitrogen and oxygen atoms in total. The van der Waals surface area contributed by atoms with Gasteiger partial charge in [0.2, 0.25) is 10.0 Å². The second-order valence-corrected chi connectivity index (χ2v) is 6.51. The molecule has 0 bridgehead atoms. The molecule has 0 spiro atoms. The molecule has 1 aliphatic heterocycles. The minimum Gasteiger partial charge on any atom is -0.481 e. The van der Waals surface area contributed by atoms with Crippen LogP contribution in [0.2, 0.25) is 0 Å². The van der Waals surface area contributed by atoms with Crippen molar-refractivity contribution in [3.8, 4) is 0 Å². The van der Waals surface area contributed by atoms with E-state index >= 15 is 0 Å². The molecule has 1 aromatic rings. The summed E-state index contributed by atoms with van der Waals surface area (Å²) in [4.78, 5) is 13.2. The molecule has 104 valence electrons. The Bertz CT molecular complexity index is 598. The van der Waals surface area contributed by atoms with Crippen LogP contribution in [0.4, 0.5) is 0 Å². The quantitative estimate of drug-likeness (QED) is 0.821. The summed E-state index contributed by atoms with van der Waals surface area (Å²) >= 11 is 0. The molecule has 19 heavy (non-hydrogen) atoms. The third kappa shape index (κ3) is 3.52. The largest absolute Gasteiger partial charge is 0.481 e. The lowest BCUT2D eigenvalue weighted by Crippen LogP contribution is -2.39. The van der Waals surface area contributed by atoms with Gasteiger partial charge in [0.1, 0.15) is 0 Å². The van der Waals surface area contributed by atoms with Crippen LogP contribution in [-0.2, 0) is 34.3 Å². The molecule has 7 heteroatoms. The highest BCUT2D eigenvalue weighted by Crippen LogP contribution is 2.23. The van der Waals surface area contributed by atoms with Crippen molar-refractivity contribution >= 4 is 16.0 Å². The molecule has 0 atom stereocenters. The highest BCUT2D eigenvalue weighted by Gasteiger charge is 2.22. The first-order chi connectivity index (χ1) is 8.89. The SMILES string of the molecule is CCS(=O)(=O)NN1Cc2ccc(CC(=O)O)cc2C1. The molecule has 1 aliphatic rings. The number of sulfonamides is 1. The Balaban J connectivity index is 2.10. The normalized spacial score (nSPS) is 15.4. The van der Waals surface area contributed by atoms with Gasteiger partial charge in [-0.25, -0.2) is 13.4 Å². The highest BCUT2D eigenvalue weighted by atomic mass is 32.2. The van der Waals surface area contributed by atoms with Gasteiger partial charge in [-0.3, -0.25) is 4.79 Å². The molecule has 2 rings (SSSR count). The van der Waals surface area contributed by atoms with Gasteiger partial charge < -0.3 is 5.11 Å². The van der Waals surface area contributed by atoms with Crippen LogP contribution < -0.4 is 4.83 Å². The predicted molar refractivity (Wildman–Crippen MR) is 69.6 cm³/mol. The first-order valence-corrected chi connectivity index (χ1v) is 7.62. The fourth-order valence-electron chi connectivity index (χ4n) is 2.06. The van der Waals surface area contributed by atoms with Crippen LogP contribution in [0.25, 0.3) is 0 Å². The predicted octanol–water partition coefficient (Wildman–Crippen LogP) is 0.484. The van der Waals surface area contributed by atoms with E-state index in [2.05, 4.69) is 4.83 Å². The maximum atomic E-state index is 11.5.